The summed E-state index contributed by atoms with van der Waals surface area (Å²) in [6.07, 6.45) is 0. The van der Waals surface area contributed by atoms with Crippen LogP contribution >= 0.6 is 28.1 Å². The summed E-state index contributed by atoms with van der Waals surface area (Å²) >= 11 is 8.02. The molecule has 0 saturated carbocycles. The molecule has 0 amide bonds. The Balaban J connectivity index is 3.46. The molecule has 1 rings (SSSR count). The summed E-state index contributed by atoms with van der Waals surface area (Å²) in [5.41, 5.74) is 0.923. The number of nitrogens with one attached hydrogen (secondary N) is 1. The first-order chi connectivity index (χ1) is 6.06. The second-order valence-electron chi connectivity index (χ2n) is 2.48. The third kappa shape index (κ3) is 2.22. The number of rotatable bonds is 1. The zero-order valence-electron chi connectivity index (χ0n) is 7.19. The Hall–Kier alpha value is -0.550. The SMILES string of the molecule is CN=C(C)c1[nH]c(Br)cc(=S)c1F. The van der Waals surface area contributed by atoms with Crippen LogP contribution in [-0.2, 0) is 0 Å². The molecule has 13 heavy (non-hydrogen) atoms. The highest BCUT2D eigenvalue weighted by Crippen LogP contribution is 2.13. The molecule has 70 valence electrons. The van der Waals surface area contributed by atoms with E-state index in [1.165, 1.54) is 6.07 Å². The van der Waals surface area contributed by atoms with Gasteiger partial charge in [0, 0.05) is 7.05 Å². The summed E-state index contributed by atoms with van der Waals surface area (Å²) in [7, 11) is 1.60. The van der Waals surface area contributed by atoms with Crippen LogP contribution in [-0.4, -0.2) is 17.7 Å². The second-order valence-corrected chi connectivity index (χ2v) is 3.77. The average Bonchev–Trinajstić information content (AvgIpc) is 2.10. The van der Waals surface area contributed by atoms with Gasteiger partial charge >= 0.3 is 0 Å². The molecule has 0 aliphatic rings. The highest BCUT2D eigenvalue weighted by atomic mass is 79.9. The molecule has 0 radical (unpaired) electrons. The van der Waals surface area contributed by atoms with Gasteiger partial charge in [0.15, 0.2) is 5.82 Å². The van der Waals surface area contributed by atoms with Gasteiger partial charge in [-0.25, -0.2) is 4.39 Å². The van der Waals surface area contributed by atoms with E-state index in [0.717, 1.165) is 0 Å². The van der Waals surface area contributed by atoms with Gasteiger partial charge in [-0.3, -0.25) is 4.99 Å². The molecule has 0 aliphatic heterocycles. The molecule has 0 bridgehead atoms. The molecule has 1 N–H and O–H groups in total. The largest absolute Gasteiger partial charge is 0.346 e. The van der Waals surface area contributed by atoms with Crippen molar-refractivity contribution in [3.05, 3.63) is 26.7 Å². The number of aromatic nitrogens is 1. The van der Waals surface area contributed by atoms with Crippen LogP contribution in [0.2, 0.25) is 0 Å². The molecule has 0 atom stereocenters. The van der Waals surface area contributed by atoms with Gasteiger partial charge in [-0.1, -0.05) is 12.2 Å². The summed E-state index contributed by atoms with van der Waals surface area (Å²) in [5.74, 6) is -0.429. The maximum atomic E-state index is 13.4. The van der Waals surface area contributed by atoms with E-state index in [1.54, 1.807) is 14.0 Å². The fraction of sp³-hybridized carbons (Fsp3) is 0.250. The van der Waals surface area contributed by atoms with Crippen molar-refractivity contribution in [2.75, 3.05) is 7.05 Å². The lowest BCUT2D eigenvalue weighted by molar-refractivity contribution is 0.613. The Labute approximate surface area is 89.0 Å². The molecule has 1 heterocycles. The fourth-order valence-corrected chi connectivity index (χ4v) is 1.67. The predicted molar refractivity (Wildman–Crippen MR) is 57.4 cm³/mol. The molecule has 2 nitrogen and oxygen atoms in total. The van der Waals surface area contributed by atoms with Crippen LogP contribution in [0.1, 0.15) is 12.6 Å². The lowest BCUT2D eigenvalue weighted by Gasteiger charge is -2.03. The number of hydrogen-bond donors (Lipinski definition) is 1. The summed E-state index contributed by atoms with van der Waals surface area (Å²) < 4.78 is 14.2. The Kier molecular flexibility index (Phi) is 3.33. The minimum Gasteiger partial charge on any atom is -0.346 e. The van der Waals surface area contributed by atoms with Crippen LogP contribution in [0.4, 0.5) is 4.39 Å². The number of hydrogen-bond acceptors (Lipinski definition) is 2. The van der Waals surface area contributed by atoms with E-state index >= 15 is 0 Å². The van der Waals surface area contributed by atoms with E-state index in [-0.39, 0.29) is 4.51 Å². The molecule has 0 aliphatic carbocycles. The topological polar surface area (TPSA) is 28.1 Å². The average molecular weight is 263 g/mol. The number of aromatic amines is 1. The zero-order valence-corrected chi connectivity index (χ0v) is 9.59. The van der Waals surface area contributed by atoms with E-state index in [1.807, 2.05) is 0 Å². The van der Waals surface area contributed by atoms with Crippen LogP contribution in [0.15, 0.2) is 15.7 Å². The van der Waals surface area contributed by atoms with Gasteiger partial charge < -0.3 is 4.98 Å². The molecule has 0 unspecified atom stereocenters. The zero-order chi connectivity index (χ0) is 10.0. The number of aliphatic imine (C=N–C) groups is 1. The van der Waals surface area contributed by atoms with Gasteiger partial charge in [0.25, 0.3) is 0 Å². The molecule has 0 saturated heterocycles. The number of H-pyrrole nitrogens is 1. The number of pyridine rings is 1. The van der Waals surface area contributed by atoms with Crippen LogP contribution in [0.3, 0.4) is 0 Å². The van der Waals surface area contributed by atoms with E-state index in [2.05, 4.69) is 25.9 Å². The Morgan fingerprint density at radius 1 is 1.69 bits per heavy atom. The lowest BCUT2D eigenvalue weighted by Crippen LogP contribution is -2.03. The van der Waals surface area contributed by atoms with Crippen molar-refractivity contribution in [1.29, 1.82) is 0 Å². The molecule has 1 aromatic heterocycles. The molecule has 0 aromatic carbocycles. The van der Waals surface area contributed by atoms with Crippen LogP contribution in [0.25, 0.3) is 0 Å². The van der Waals surface area contributed by atoms with Gasteiger partial charge in [0.1, 0.15) is 0 Å². The molecule has 5 heteroatoms. The van der Waals surface area contributed by atoms with Crippen molar-refractivity contribution in [2.24, 2.45) is 4.99 Å². The van der Waals surface area contributed by atoms with Gasteiger partial charge in [-0.05, 0) is 28.9 Å². The molecular formula is C8H8BrFN2S. The van der Waals surface area contributed by atoms with E-state index in [0.29, 0.717) is 16.0 Å². The highest BCUT2D eigenvalue weighted by Gasteiger charge is 2.07. The van der Waals surface area contributed by atoms with Crippen LogP contribution in [0.5, 0.6) is 0 Å². The quantitative estimate of drug-likeness (QED) is 0.470. The van der Waals surface area contributed by atoms with Crippen molar-refractivity contribution < 1.29 is 4.39 Å². The first-order valence-corrected chi connectivity index (χ1v) is 4.78. The first kappa shape index (κ1) is 10.5. The highest BCUT2D eigenvalue weighted by molar-refractivity contribution is 9.10. The predicted octanol–water partition coefficient (Wildman–Crippen LogP) is 3.08. The van der Waals surface area contributed by atoms with E-state index in [9.17, 15) is 4.39 Å². The third-order valence-electron chi connectivity index (χ3n) is 1.64. The second kappa shape index (κ2) is 4.11. The number of nitrogens with zero attached hydrogens (tertiary/aromatic N) is 1. The normalized spacial score (nSPS) is 11.8. The van der Waals surface area contributed by atoms with Crippen molar-refractivity contribution in [3.63, 3.8) is 0 Å². The Bertz CT molecular complexity index is 411. The van der Waals surface area contributed by atoms with E-state index in [4.69, 9.17) is 12.2 Å². The smallest absolute Gasteiger partial charge is 0.166 e. The lowest BCUT2D eigenvalue weighted by atomic mass is 10.2. The summed E-state index contributed by atoms with van der Waals surface area (Å²) in [5, 5.41) is 0. The maximum absolute atomic E-state index is 13.4. The fourth-order valence-electron chi connectivity index (χ4n) is 0.873. The standard InChI is InChI=1S/C8H8BrFN2S/c1-4(11-2)8-7(10)5(13)3-6(9)12-8/h3H,1-2H3,(H,12,13). The summed E-state index contributed by atoms with van der Waals surface area (Å²) in [6, 6.07) is 1.51. The minimum atomic E-state index is -0.429. The van der Waals surface area contributed by atoms with Crippen molar-refractivity contribution in [1.82, 2.24) is 4.98 Å². The third-order valence-corrected chi connectivity index (χ3v) is 2.36. The first-order valence-electron chi connectivity index (χ1n) is 3.58. The Morgan fingerprint density at radius 2 is 2.31 bits per heavy atom. The van der Waals surface area contributed by atoms with Crippen LogP contribution < -0.4 is 0 Å². The van der Waals surface area contributed by atoms with Crippen LogP contribution in [0, 0.1) is 10.3 Å². The monoisotopic (exact) mass is 262 g/mol. The molecule has 0 spiro atoms. The number of halogens is 2. The van der Waals surface area contributed by atoms with Gasteiger partial charge in [0.2, 0.25) is 0 Å². The maximum Gasteiger partial charge on any atom is 0.166 e. The van der Waals surface area contributed by atoms with Crippen molar-refractivity contribution >= 4 is 33.9 Å². The summed E-state index contributed by atoms with van der Waals surface area (Å²) in [6.45, 7) is 1.72. The molecule has 1 aromatic rings. The molecular weight excluding hydrogens is 255 g/mol. The van der Waals surface area contributed by atoms with Crippen molar-refractivity contribution in [3.8, 4) is 0 Å². The minimum absolute atomic E-state index is 0.184. The van der Waals surface area contributed by atoms with Gasteiger partial charge in [0.05, 0.1) is 20.5 Å². The van der Waals surface area contributed by atoms with Gasteiger partial charge in [-0.2, -0.15) is 0 Å². The Morgan fingerprint density at radius 3 is 2.85 bits per heavy atom. The van der Waals surface area contributed by atoms with E-state index < -0.39 is 5.82 Å². The van der Waals surface area contributed by atoms with Crippen molar-refractivity contribution in [2.45, 2.75) is 6.92 Å². The summed E-state index contributed by atoms with van der Waals surface area (Å²) in [4.78, 5) is 6.69. The van der Waals surface area contributed by atoms with Gasteiger partial charge in [-0.15, -0.1) is 0 Å². The molecule has 0 fully saturated rings.